The Morgan fingerprint density at radius 2 is 1.94 bits per heavy atom. The van der Waals surface area contributed by atoms with Crippen LogP contribution in [-0.2, 0) is 6.18 Å². The van der Waals surface area contributed by atoms with Crippen LogP contribution < -0.4 is 0 Å². The molecule has 0 atom stereocenters. The first-order chi connectivity index (χ1) is 8.40. The lowest BCUT2D eigenvalue weighted by Crippen LogP contribution is -2.03. The Labute approximate surface area is 98.6 Å². The smallest absolute Gasteiger partial charge is 0.298 e. The Morgan fingerprint density at radius 1 is 1.22 bits per heavy atom. The number of benzene rings is 1. The van der Waals surface area contributed by atoms with Crippen molar-refractivity contribution in [2.45, 2.75) is 6.18 Å². The fourth-order valence-electron chi connectivity index (χ4n) is 1.41. The first kappa shape index (κ1) is 12.3. The second-order valence-corrected chi connectivity index (χ2v) is 3.53. The van der Waals surface area contributed by atoms with Crippen LogP contribution in [0.4, 0.5) is 17.6 Å². The van der Waals surface area contributed by atoms with Gasteiger partial charge in [-0.25, -0.2) is 9.07 Å². The number of hydrogen-bond acceptors (Lipinski definition) is 2. The molecule has 94 valence electrons. The van der Waals surface area contributed by atoms with Crippen molar-refractivity contribution >= 4 is 6.29 Å². The number of hydrogen-bond donors (Lipinski definition) is 0. The van der Waals surface area contributed by atoms with Gasteiger partial charge in [0.2, 0.25) is 0 Å². The number of aldehydes is 1. The van der Waals surface area contributed by atoms with E-state index in [0.29, 0.717) is 12.5 Å². The van der Waals surface area contributed by atoms with Gasteiger partial charge in [-0.2, -0.15) is 18.3 Å². The number of nitrogens with zero attached hydrogens (tertiary/aromatic N) is 2. The molecule has 0 amide bonds. The number of alkyl halides is 3. The predicted octanol–water partition coefficient (Wildman–Crippen LogP) is 2.84. The summed E-state index contributed by atoms with van der Waals surface area (Å²) in [5.41, 5.74) is -0.874. The summed E-state index contributed by atoms with van der Waals surface area (Å²) in [5, 5.41) is 3.48. The largest absolute Gasteiger partial charge is 0.419 e. The predicted molar refractivity (Wildman–Crippen MR) is 53.9 cm³/mol. The second-order valence-electron chi connectivity index (χ2n) is 3.53. The van der Waals surface area contributed by atoms with Crippen molar-refractivity contribution in [2.75, 3.05) is 0 Å². The third-order valence-electron chi connectivity index (χ3n) is 2.22. The van der Waals surface area contributed by atoms with Crippen LogP contribution in [0.1, 0.15) is 15.9 Å². The van der Waals surface area contributed by atoms with E-state index < -0.39 is 17.6 Å². The molecule has 0 N–H and O–H groups in total. The molecule has 0 aliphatic carbocycles. The van der Waals surface area contributed by atoms with Crippen LogP contribution in [0.5, 0.6) is 0 Å². The summed E-state index contributed by atoms with van der Waals surface area (Å²) in [6, 6.07) is 3.20. The van der Waals surface area contributed by atoms with Crippen molar-refractivity contribution in [2.24, 2.45) is 0 Å². The molecule has 2 rings (SSSR count). The van der Waals surface area contributed by atoms with Gasteiger partial charge in [-0.3, -0.25) is 4.79 Å². The molecule has 0 radical (unpaired) electrons. The summed E-state index contributed by atoms with van der Waals surface area (Å²) in [7, 11) is 0. The summed E-state index contributed by atoms with van der Waals surface area (Å²) in [6.07, 6.45) is -2.76. The van der Waals surface area contributed by atoms with E-state index in [1.54, 1.807) is 0 Å². The Morgan fingerprint density at radius 3 is 2.50 bits per heavy atom. The van der Waals surface area contributed by atoms with Gasteiger partial charge in [-0.05, 0) is 18.2 Å². The topological polar surface area (TPSA) is 34.9 Å². The summed E-state index contributed by atoms with van der Waals surface area (Å²) in [4.78, 5) is 10.5. The van der Waals surface area contributed by atoms with Crippen LogP contribution in [0.3, 0.4) is 0 Å². The second kappa shape index (κ2) is 4.25. The summed E-state index contributed by atoms with van der Waals surface area (Å²) >= 11 is 0. The first-order valence-corrected chi connectivity index (χ1v) is 4.78. The van der Waals surface area contributed by atoms with Crippen LogP contribution in [0, 0.1) is 5.82 Å². The Bertz CT molecular complexity index is 589. The number of rotatable bonds is 2. The molecule has 1 aromatic carbocycles. The average Bonchev–Trinajstić information content (AvgIpc) is 2.77. The fourth-order valence-corrected chi connectivity index (χ4v) is 1.41. The number of aromatic nitrogens is 2. The van der Waals surface area contributed by atoms with Gasteiger partial charge in [0.15, 0.2) is 0 Å². The van der Waals surface area contributed by atoms with Crippen molar-refractivity contribution in [3.8, 4) is 5.69 Å². The van der Waals surface area contributed by atoms with Gasteiger partial charge < -0.3 is 0 Å². The van der Waals surface area contributed by atoms with Gasteiger partial charge in [0.1, 0.15) is 12.1 Å². The average molecular weight is 258 g/mol. The van der Waals surface area contributed by atoms with Crippen molar-refractivity contribution in [1.82, 2.24) is 9.78 Å². The van der Waals surface area contributed by atoms with Gasteiger partial charge in [0.25, 0.3) is 0 Å². The lowest BCUT2D eigenvalue weighted by molar-refractivity contribution is -0.137. The lowest BCUT2D eigenvalue weighted by atomic mass is 10.2. The van der Waals surface area contributed by atoms with Gasteiger partial charge >= 0.3 is 6.18 Å². The van der Waals surface area contributed by atoms with Crippen molar-refractivity contribution < 1.29 is 22.4 Å². The molecule has 0 bridgehead atoms. The highest BCUT2D eigenvalue weighted by Gasteiger charge is 2.32. The van der Waals surface area contributed by atoms with Crippen LogP contribution in [0.2, 0.25) is 0 Å². The highest BCUT2D eigenvalue weighted by atomic mass is 19.4. The molecule has 0 saturated carbocycles. The standard InChI is InChI=1S/C11H6F4N2O/c12-9-1-7(6-18)2-10(3-9)17-5-8(4-16-17)11(13,14)15/h1-6H. The molecule has 1 aromatic heterocycles. The Kier molecular flexibility index (Phi) is 2.90. The van der Waals surface area contributed by atoms with E-state index >= 15 is 0 Å². The summed E-state index contributed by atoms with van der Waals surface area (Å²) in [6.45, 7) is 0. The highest BCUT2D eigenvalue weighted by Crippen LogP contribution is 2.29. The minimum Gasteiger partial charge on any atom is -0.298 e. The maximum Gasteiger partial charge on any atom is 0.419 e. The molecular formula is C11H6F4N2O. The van der Waals surface area contributed by atoms with Crippen molar-refractivity contribution in [3.05, 3.63) is 47.5 Å². The molecule has 0 aliphatic heterocycles. The van der Waals surface area contributed by atoms with Gasteiger partial charge in [0, 0.05) is 11.8 Å². The minimum atomic E-state index is -4.51. The van der Waals surface area contributed by atoms with E-state index in [4.69, 9.17) is 0 Å². The molecule has 2 aromatic rings. The first-order valence-electron chi connectivity index (χ1n) is 4.78. The van der Waals surface area contributed by atoms with Gasteiger partial charge in [0.05, 0.1) is 17.4 Å². The van der Waals surface area contributed by atoms with E-state index in [9.17, 15) is 22.4 Å². The zero-order valence-electron chi connectivity index (χ0n) is 8.78. The fraction of sp³-hybridized carbons (Fsp3) is 0.0909. The molecule has 0 spiro atoms. The van der Waals surface area contributed by atoms with Crippen molar-refractivity contribution in [1.29, 1.82) is 0 Å². The number of carbonyl (C=O) groups is 1. The van der Waals surface area contributed by atoms with Gasteiger partial charge in [-0.1, -0.05) is 0 Å². The lowest BCUT2D eigenvalue weighted by Gasteiger charge is -2.03. The maximum atomic E-state index is 13.1. The van der Waals surface area contributed by atoms with E-state index in [1.807, 2.05) is 0 Å². The SMILES string of the molecule is O=Cc1cc(F)cc(-n2cc(C(F)(F)F)cn2)c1. The van der Waals surface area contributed by atoms with Crippen LogP contribution in [0.15, 0.2) is 30.6 Å². The molecule has 0 fully saturated rings. The molecule has 7 heteroatoms. The molecule has 1 heterocycles. The number of carbonyl (C=O) groups excluding carboxylic acids is 1. The van der Waals surface area contributed by atoms with Crippen LogP contribution in [-0.4, -0.2) is 16.1 Å². The van der Waals surface area contributed by atoms with E-state index in [0.717, 1.165) is 23.0 Å². The third kappa shape index (κ3) is 2.39. The molecule has 0 saturated heterocycles. The summed E-state index contributed by atoms with van der Waals surface area (Å²) in [5.74, 6) is -0.723. The Balaban J connectivity index is 2.46. The molecule has 0 aliphatic rings. The maximum absolute atomic E-state index is 13.1. The molecular weight excluding hydrogens is 252 g/mol. The summed E-state index contributed by atoms with van der Waals surface area (Å²) < 4.78 is 51.1. The quantitative estimate of drug-likeness (QED) is 0.613. The monoisotopic (exact) mass is 258 g/mol. The van der Waals surface area contributed by atoms with E-state index in [-0.39, 0.29) is 11.3 Å². The van der Waals surface area contributed by atoms with Crippen LogP contribution in [0.25, 0.3) is 5.69 Å². The Hall–Kier alpha value is -2.18. The molecule has 0 unspecified atom stereocenters. The van der Waals surface area contributed by atoms with Crippen LogP contribution >= 0.6 is 0 Å². The normalized spacial score (nSPS) is 11.6. The van der Waals surface area contributed by atoms with E-state index in [1.165, 1.54) is 6.07 Å². The molecule has 18 heavy (non-hydrogen) atoms. The third-order valence-corrected chi connectivity index (χ3v) is 2.22. The van der Waals surface area contributed by atoms with E-state index in [2.05, 4.69) is 5.10 Å². The molecule has 3 nitrogen and oxygen atoms in total. The van der Waals surface area contributed by atoms with Crippen molar-refractivity contribution in [3.63, 3.8) is 0 Å². The highest BCUT2D eigenvalue weighted by molar-refractivity contribution is 5.75. The zero-order valence-corrected chi connectivity index (χ0v) is 8.78. The number of halogens is 4. The van der Waals surface area contributed by atoms with Gasteiger partial charge in [-0.15, -0.1) is 0 Å². The zero-order chi connectivity index (χ0) is 13.3. The minimum absolute atomic E-state index is 0.0223.